The van der Waals surface area contributed by atoms with E-state index in [0.29, 0.717) is 24.2 Å². The highest BCUT2D eigenvalue weighted by molar-refractivity contribution is 5.97. The zero-order valence-electron chi connectivity index (χ0n) is 11.1. The van der Waals surface area contributed by atoms with Crippen LogP contribution in [0.4, 0.5) is 5.69 Å². The van der Waals surface area contributed by atoms with Gasteiger partial charge in [-0.1, -0.05) is 12.1 Å². The van der Waals surface area contributed by atoms with Crippen molar-refractivity contribution in [3.8, 4) is 0 Å². The molecule has 0 fully saturated rings. The molecule has 1 atom stereocenters. The smallest absolute Gasteiger partial charge is 0.273 e. The van der Waals surface area contributed by atoms with Crippen LogP contribution in [0.25, 0.3) is 0 Å². The predicted molar refractivity (Wildman–Crippen MR) is 71.2 cm³/mol. The molecule has 0 saturated carbocycles. The van der Waals surface area contributed by atoms with E-state index in [1.54, 1.807) is 26.2 Å². The number of Topliss-reactive ketones (excluding diaryl/α,β-unsaturated/α-hetero) is 1. The van der Waals surface area contributed by atoms with Crippen LogP contribution in [0.3, 0.4) is 0 Å². The summed E-state index contributed by atoms with van der Waals surface area (Å²) in [4.78, 5) is 22.3. The molecule has 0 aliphatic carbocycles. The minimum Gasteiger partial charge on any atom is -0.385 e. The zero-order valence-corrected chi connectivity index (χ0v) is 11.1. The Morgan fingerprint density at radius 3 is 2.79 bits per heavy atom. The van der Waals surface area contributed by atoms with E-state index in [1.165, 1.54) is 6.07 Å². The first kappa shape index (κ1) is 15.3. The summed E-state index contributed by atoms with van der Waals surface area (Å²) in [5.41, 5.74) is 6.60. The fraction of sp³-hybridized carbons (Fsp3) is 0.462. The number of nitrogens with zero attached hydrogens (tertiary/aromatic N) is 1. The largest absolute Gasteiger partial charge is 0.385 e. The van der Waals surface area contributed by atoms with Gasteiger partial charge in [0.1, 0.15) is 0 Å². The number of nitrogens with two attached hydrogens (primary N) is 1. The summed E-state index contributed by atoms with van der Waals surface area (Å²) in [5.74, 6) is -0.188. The van der Waals surface area contributed by atoms with Crippen LogP contribution in [0.1, 0.15) is 28.8 Å². The number of benzene rings is 1. The van der Waals surface area contributed by atoms with Crippen molar-refractivity contribution in [3.05, 3.63) is 39.4 Å². The van der Waals surface area contributed by atoms with Gasteiger partial charge in [0, 0.05) is 43.4 Å². The molecule has 1 unspecified atom stereocenters. The number of nitro groups is 1. The number of ether oxygens (including phenoxy) is 1. The molecule has 1 rings (SSSR count). The number of aryl methyl sites for hydroxylation is 1. The van der Waals surface area contributed by atoms with Gasteiger partial charge in [-0.3, -0.25) is 14.9 Å². The average molecular weight is 266 g/mol. The summed E-state index contributed by atoms with van der Waals surface area (Å²) in [6, 6.07) is 4.17. The normalized spacial score (nSPS) is 12.2. The highest BCUT2D eigenvalue weighted by Gasteiger charge is 2.16. The third-order valence-electron chi connectivity index (χ3n) is 2.87. The zero-order chi connectivity index (χ0) is 14.4. The van der Waals surface area contributed by atoms with Gasteiger partial charge in [-0.25, -0.2) is 0 Å². The maximum atomic E-state index is 12.0. The van der Waals surface area contributed by atoms with Crippen molar-refractivity contribution in [2.75, 3.05) is 13.7 Å². The van der Waals surface area contributed by atoms with Crippen LogP contribution in [-0.2, 0) is 4.74 Å². The van der Waals surface area contributed by atoms with Crippen LogP contribution >= 0.6 is 0 Å². The minimum absolute atomic E-state index is 0.0451. The third-order valence-corrected chi connectivity index (χ3v) is 2.87. The van der Waals surface area contributed by atoms with E-state index in [0.717, 1.165) is 0 Å². The van der Waals surface area contributed by atoms with E-state index in [-0.39, 0.29) is 23.9 Å². The van der Waals surface area contributed by atoms with Gasteiger partial charge < -0.3 is 10.5 Å². The van der Waals surface area contributed by atoms with Gasteiger partial charge in [-0.05, 0) is 13.3 Å². The summed E-state index contributed by atoms with van der Waals surface area (Å²) in [7, 11) is 1.57. The van der Waals surface area contributed by atoms with Crippen LogP contribution in [0.5, 0.6) is 0 Å². The van der Waals surface area contributed by atoms with Crippen molar-refractivity contribution in [3.63, 3.8) is 0 Å². The van der Waals surface area contributed by atoms with Gasteiger partial charge in [0.15, 0.2) is 5.78 Å². The molecule has 0 aliphatic heterocycles. The fourth-order valence-electron chi connectivity index (χ4n) is 1.71. The van der Waals surface area contributed by atoms with Crippen molar-refractivity contribution < 1.29 is 14.5 Å². The van der Waals surface area contributed by atoms with Gasteiger partial charge in [0.25, 0.3) is 5.69 Å². The van der Waals surface area contributed by atoms with Crippen molar-refractivity contribution in [2.45, 2.75) is 25.8 Å². The monoisotopic (exact) mass is 266 g/mol. The molecular weight excluding hydrogens is 248 g/mol. The summed E-state index contributed by atoms with van der Waals surface area (Å²) in [6.45, 7) is 2.12. The molecule has 0 aliphatic rings. The Bertz CT molecular complexity index is 474. The highest BCUT2D eigenvalue weighted by Crippen LogP contribution is 2.20. The molecule has 2 N–H and O–H groups in total. The van der Waals surface area contributed by atoms with Crippen LogP contribution in [-0.4, -0.2) is 30.5 Å². The van der Waals surface area contributed by atoms with Crippen molar-refractivity contribution >= 4 is 11.5 Å². The van der Waals surface area contributed by atoms with Gasteiger partial charge in [-0.15, -0.1) is 0 Å². The molecule has 1 aromatic rings. The number of carbonyl (C=O) groups excluding carboxylic acids is 1. The second-order valence-corrected chi connectivity index (χ2v) is 4.43. The number of hydrogen-bond acceptors (Lipinski definition) is 5. The number of ketones is 1. The quantitative estimate of drug-likeness (QED) is 0.461. The maximum absolute atomic E-state index is 12.0. The lowest BCUT2D eigenvalue weighted by atomic mass is 10.0. The molecule has 0 radical (unpaired) electrons. The summed E-state index contributed by atoms with van der Waals surface area (Å²) in [6.07, 6.45) is 0.736. The first-order valence-corrected chi connectivity index (χ1v) is 5.98. The second kappa shape index (κ2) is 6.96. The molecule has 0 heterocycles. The van der Waals surface area contributed by atoms with Gasteiger partial charge in [0.05, 0.1) is 4.92 Å². The van der Waals surface area contributed by atoms with E-state index in [2.05, 4.69) is 0 Å². The van der Waals surface area contributed by atoms with Crippen LogP contribution in [0.15, 0.2) is 18.2 Å². The van der Waals surface area contributed by atoms with E-state index >= 15 is 0 Å². The van der Waals surface area contributed by atoms with Gasteiger partial charge in [-0.2, -0.15) is 0 Å². The Morgan fingerprint density at radius 1 is 1.53 bits per heavy atom. The molecule has 0 aromatic heterocycles. The van der Waals surface area contributed by atoms with E-state index in [9.17, 15) is 14.9 Å². The van der Waals surface area contributed by atoms with Crippen LogP contribution < -0.4 is 5.73 Å². The SMILES string of the molecule is COCCC(N)CC(=O)c1ccc(C)c([N+](=O)[O-])c1. The molecule has 0 amide bonds. The molecule has 0 saturated heterocycles. The number of carbonyl (C=O) groups is 1. The summed E-state index contributed by atoms with van der Waals surface area (Å²) in [5, 5.41) is 10.8. The molecule has 6 heteroatoms. The first-order valence-electron chi connectivity index (χ1n) is 5.98. The fourth-order valence-corrected chi connectivity index (χ4v) is 1.71. The molecule has 0 spiro atoms. The number of methoxy groups -OCH3 is 1. The molecule has 1 aromatic carbocycles. The van der Waals surface area contributed by atoms with Crippen molar-refractivity contribution in [1.82, 2.24) is 0 Å². The lowest BCUT2D eigenvalue weighted by Gasteiger charge is -2.10. The van der Waals surface area contributed by atoms with E-state index in [4.69, 9.17) is 10.5 Å². The third kappa shape index (κ3) is 4.42. The minimum atomic E-state index is -0.489. The standard InChI is InChI=1S/C13H18N2O4/c1-9-3-4-10(7-12(9)15(17)18)13(16)8-11(14)5-6-19-2/h3-4,7,11H,5-6,8,14H2,1-2H3. The van der Waals surface area contributed by atoms with Gasteiger partial charge in [0.2, 0.25) is 0 Å². The Balaban J connectivity index is 2.77. The lowest BCUT2D eigenvalue weighted by Crippen LogP contribution is -2.25. The molecule has 0 bridgehead atoms. The summed E-state index contributed by atoms with van der Waals surface area (Å²) >= 11 is 0. The highest BCUT2D eigenvalue weighted by atomic mass is 16.6. The Morgan fingerprint density at radius 2 is 2.21 bits per heavy atom. The topological polar surface area (TPSA) is 95.5 Å². The number of hydrogen-bond donors (Lipinski definition) is 1. The van der Waals surface area contributed by atoms with Gasteiger partial charge >= 0.3 is 0 Å². The van der Waals surface area contributed by atoms with E-state index in [1.807, 2.05) is 0 Å². The van der Waals surface area contributed by atoms with E-state index < -0.39 is 4.92 Å². The Labute approximate surface area is 111 Å². The lowest BCUT2D eigenvalue weighted by molar-refractivity contribution is -0.385. The van der Waals surface area contributed by atoms with Crippen molar-refractivity contribution in [1.29, 1.82) is 0 Å². The van der Waals surface area contributed by atoms with Crippen molar-refractivity contribution in [2.24, 2.45) is 5.73 Å². The number of rotatable bonds is 7. The molecule has 6 nitrogen and oxygen atoms in total. The first-order chi connectivity index (χ1) is 8.95. The molecular formula is C13H18N2O4. The predicted octanol–water partition coefficient (Wildman–Crippen LogP) is 1.84. The average Bonchev–Trinajstić information content (AvgIpc) is 2.36. The second-order valence-electron chi connectivity index (χ2n) is 4.43. The molecule has 19 heavy (non-hydrogen) atoms. The molecule has 104 valence electrons. The number of nitro benzene ring substituents is 1. The summed E-state index contributed by atoms with van der Waals surface area (Å²) < 4.78 is 4.89. The Kier molecular flexibility index (Phi) is 5.59. The maximum Gasteiger partial charge on any atom is 0.273 e. The van der Waals surface area contributed by atoms with Crippen LogP contribution in [0.2, 0.25) is 0 Å². The van der Waals surface area contributed by atoms with Crippen LogP contribution in [0, 0.1) is 17.0 Å². The Hall–Kier alpha value is -1.79.